The first-order chi connectivity index (χ1) is 7.94. The van der Waals surface area contributed by atoms with Gasteiger partial charge in [-0.15, -0.1) is 0 Å². The van der Waals surface area contributed by atoms with E-state index in [9.17, 15) is 9.59 Å². The number of ketones is 1. The maximum atomic E-state index is 11.9. The molecule has 0 aromatic rings. The molecule has 0 N–H and O–H groups in total. The summed E-state index contributed by atoms with van der Waals surface area (Å²) < 4.78 is 0. The van der Waals surface area contributed by atoms with Gasteiger partial charge in [-0.2, -0.15) is 0 Å². The third kappa shape index (κ3) is 4.21. The minimum absolute atomic E-state index is 0.0774. The summed E-state index contributed by atoms with van der Waals surface area (Å²) in [5.41, 5.74) is -0.986. The molecule has 0 bridgehead atoms. The van der Waals surface area contributed by atoms with Gasteiger partial charge in [-0.25, -0.2) is 0 Å². The van der Waals surface area contributed by atoms with Gasteiger partial charge in [0, 0.05) is 6.54 Å². The van der Waals surface area contributed by atoms with E-state index in [-0.39, 0.29) is 5.78 Å². The second kappa shape index (κ2) is 7.56. The van der Waals surface area contributed by atoms with E-state index in [0.29, 0.717) is 6.54 Å². The van der Waals surface area contributed by atoms with Gasteiger partial charge in [0.05, 0.1) is 0 Å². The van der Waals surface area contributed by atoms with E-state index in [4.69, 9.17) is 0 Å². The predicted molar refractivity (Wildman–Crippen MR) is 70.2 cm³/mol. The fourth-order valence-corrected chi connectivity index (χ4v) is 2.12. The van der Waals surface area contributed by atoms with Gasteiger partial charge in [0.15, 0.2) is 5.78 Å². The SMILES string of the molecule is CCCN(C)CC(C=O)(C(C)=O)N(C)CCC. The molecule has 0 rings (SSSR count). The van der Waals surface area contributed by atoms with Gasteiger partial charge in [-0.05, 0) is 47.0 Å². The summed E-state index contributed by atoms with van der Waals surface area (Å²) >= 11 is 0. The van der Waals surface area contributed by atoms with Crippen molar-refractivity contribution in [3.8, 4) is 0 Å². The molecule has 4 nitrogen and oxygen atoms in total. The molecule has 0 radical (unpaired) electrons. The zero-order valence-electron chi connectivity index (χ0n) is 11.8. The van der Waals surface area contributed by atoms with Crippen LogP contribution in [-0.2, 0) is 9.59 Å². The van der Waals surface area contributed by atoms with Crippen LogP contribution in [0.25, 0.3) is 0 Å². The van der Waals surface area contributed by atoms with E-state index in [1.165, 1.54) is 6.92 Å². The molecule has 1 atom stereocenters. The van der Waals surface area contributed by atoms with E-state index in [0.717, 1.165) is 32.2 Å². The molecule has 0 saturated carbocycles. The fraction of sp³-hybridized carbons (Fsp3) is 0.846. The van der Waals surface area contributed by atoms with Crippen LogP contribution in [0.15, 0.2) is 0 Å². The lowest BCUT2D eigenvalue weighted by Crippen LogP contribution is -2.59. The topological polar surface area (TPSA) is 40.6 Å². The van der Waals surface area contributed by atoms with Crippen molar-refractivity contribution in [3.63, 3.8) is 0 Å². The number of hydrogen-bond donors (Lipinski definition) is 0. The number of hydrogen-bond acceptors (Lipinski definition) is 4. The van der Waals surface area contributed by atoms with Crippen molar-refractivity contribution >= 4 is 12.1 Å². The van der Waals surface area contributed by atoms with Crippen LogP contribution in [0.1, 0.15) is 33.6 Å². The average Bonchev–Trinajstić information content (AvgIpc) is 2.26. The molecule has 1 unspecified atom stereocenters. The highest BCUT2D eigenvalue weighted by atomic mass is 16.1. The standard InChI is InChI=1S/C13H26N2O2/c1-6-8-14(4)10-13(11-16,12(3)17)15(5)9-7-2/h11H,6-10H2,1-5H3. The Bertz CT molecular complexity index is 256. The summed E-state index contributed by atoms with van der Waals surface area (Å²) in [6, 6.07) is 0. The predicted octanol–water partition coefficient (Wildman–Crippen LogP) is 1.20. The molecule has 0 aromatic heterocycles. The molecular weight excluding hydrogens is 216 g/mol. The number of carbonyl (C=O) groups excluding carboxylic acids is 2. The first-order valence-electron chi connectivity index (χ1n) is 6.31. The molecule has 100 valence electrons. The van der Waals surface area contributed by atoms with Gasteiger partial charge in [-0.1, -0.05) is 13.8 Å². The first kappa shape index (κ1) is 16.3. The third-order valence-electron chi connectivity index (χ3n) is 3.16. The summed E-state index contributed by atoms with van der Waals surface area (Å²) in [4.78, 5) is 27.2. The zero-order chi connectivity index (χ0) is 13.5. The second-order valence-electron chi connectivity index (χ2n) is 4.76. The Morgan fingerprint density at radius 1 is 1.18 bits per heavy atom. The Kier molecular flexibility index (Phi) is 7.23. The number of aldehydes is 1. The molecule has 0 spiro atoms. The molecule has 17 heavy (non-hydrogen) atoms. The Morgan fingerprint density at radius 3 is 2.06 bits per heavy atom. The number of Topliss-reactive ketones (excluding diaryl/α,β-unsaturated/α-hetero) is 1. The number of rotatable bonds is 9. The first-order valence-corrected chi connectivity index (χ1v) is 6.31. The molecule has 0 aromatic carbocycles. The van der Waals surface area contributed by atoms with Crippen molar-refractivity contribution in [3.05, 3.63) is 0 Å². The van der Waals surface area contributed by atoms with Gasteiger partial charge >= 0.3 is 0 Å². The molecule has 0 heterocycles. The molecule has 0 amide bonds. The fourth-order valence-electron chi connectivity index (χ4n) is 2.12. The van der Waals surface area contributed by atoms with Crippen molar-refractivity contribution in [2.45, 2.75) is 39.2 Å². The molecular formula is C13H26N2O2. The molecule has 4 heteroatoms. The summed E-state index contributed by atoms with van der Waals surface area (Å²) in [6.45, 7) is 7.74. The van der Waals surface area contributed by atoms with Gasteiger partial charge < -0.3 is 9.69 Å². The average molecular weight is 242 g/mol. The highest BCUT2D eigenvalue weighted by Crippen LogP contribution is 2.15. The summed E-state index contributed by atoms with van der Waals surface area (Å²) in [5.74, 6) is -0.0774. The minimum Gasteiger partial charge on any atom is -0.304 e. The summed E-state index contributed by atoms with van der Waals surface area (Å²) in [5, 5.41) is 0. The minimum atomic E-state index is -0.986. The largest absolute Gasteiger partial charge is 0.304 e. The van der Waals surface area contributed by atoms with E-state index in [1.807, 2.05) is 30.8 Å². The van der Waals surface area contributed by atoms with Crippen molar-refractivity contribution in [2.24, 2.45) is 0 Å². The van der Waals surface area contributed by atoms with Crippen LogP contribution in [0.4, 0.5) is 0 Å². The van der Waals surface area contributed by atoms with Gasteiger partial charge in [0.25, 0.3) is 0 Å². The maximum Gasteiger partial charge on any atom is 0.158 e. The highest BCUT2D eigenvalue weighted by Gasteiger charge is 2.40. The Morgan fingerprint density at radius 2 is 1.71 bits per heavy atom. The lowest BCUT2D eigenvalue weighted by atomic mass is 9.93. The molecule has 0 aliphatic heterocycles. The van der Waals surface area contributed by atoms with E-state index in [1.54, 1.807) is 0 Å². The molecule has 0 aliphatic rings. The van der Waals surface area contributed by atoms with Crippen LogP contribution in [0, 0.1) is 0 Å². The van der Waals surface area contributed by atoms with Crippen molar-refractivity contribution in [1.29, 1.82) is 0 Å². The Hall–Kier alpha value is -0.740. The highest BCUT2D eigenvalue weighted by molar-refractivity contribution is 6.01. The van der Waals surface area contributed by atoms with Crippen molar-refractivity contribution in [1.82, 2.24) is 9.80 Å². The van der Waals surface area contributed by atoms with Gasteiger partial charge in [0.1, 0.15) is 11.8 Å². The number of nitrogens with zero attached hydrogens (tertiary/aromatic N) is 2. The monoisotopic (exact) mass is 242 g/mol. The lowest BCUT2D eigenvalue weighted by molar-refractivity contribution is -0.136. The van der Waals surface area contributed by atoms with E-state index >= 15 is 0 Å². The molecule has 0 fully saturated rings. The van der Waals surface area contributed by atoms with Crippen LogP contribution in [-0.4, -0.2) is 61.1 Å². The van der Waals surface area contributed by atoms with E-state index in [2.05, 4.69) is 6.92 Å². The van der Waals surface area contributed by atoms with Crippen LogP contribution < -0.4 is 0 Å². The smallest absolute Gasteiger partial charge is 0.158 e. The van der Waals surface area contributed by atoms with Crippen molar-refractivity contribution < 1.29 is 9.59 Å². The number of likely N-dealkylation sites (N-methyl/N-ethyl adjacent to an activating group) is 2. The molecule has 0 aliphatic carbocycles. The van der Waals surface area contributed by atoms with Crippen LogP contribution >= 0.6 is 0 Å². The van der Waals surface area contributed by atoms with Crippen LogP contribution in [0.5, 0.6) is 0 Å². The van der Waals surface area contributed by atoms with Crippen LogP contribution in [0.3, 0.4) is 0 Å². The van der Waals surface area contributed by atoms with E-state index < -0.39 is 5.54 Å². The third-order valence-corrected chi connectivity index (χ3v) is 3.16. The van der Waals surface area contributed by atoms with Crippen molar-refractivity contribution in [2.75, 3.05) is 33.7 Å². The van der Waals surface area contributed by atoms with Crippen LogP contribution in [0.2, 0.25) is 0 Å². The maximum absolute atomic E-state index is 11.9. The lowest BCUT2D eigenvalue weighted by Gasteiger charge is -2.38. The second-order valence-corrected chi connectivity index (χ2v) is 4.76. The summed E-state index contributed by atoms with van der Waals surface area (Å²) in [6.07, 6.45) is 2.74. The molecule has 0 saturated heterocycles. The Labute approximate surface area is 105 Å². The number of carbonyl (C=O) groups is 2. The Balaban J connectivity index is 4.94. The van der Waals surface area contributed by atoms with Gasteiger partial charge in [0.2, 0.25) is 0 Å². The summed E-state index contributed by atoms with van der Waals surface area (Å²) in [7, 11) is 3.80. The quantitative estimate of drug-likeness (QED) is 0.450. The normalized spacial score (nSPS) is 15.0. The van der Waals surface area contributed by atoms with Gasteiger partial charge in [-0.3, -0.25) is 9.69 Å². The zero-order valence-corrected chi connectivity index (χ0v) is 11.8.